The molecular formula is C59H90INO2Si2. The smallest absolute Gasteiger partial charge is 0.261 e. The molecule has 0 heterocycles. The van der Waals surface area contributed by atoms with Crippen LogP contribution < -0.4 is 26.1 Å². The molecule has 65 heavy (non-hydrogen) atoms. The Hall–Kier alpha value is -2.60. The highest BCUT2D eigenvalue weighted by atomic mass is 127. The van der Waals surface area contributed by atoms with E-state index in [2.05, 4.69) is 229 Å². The summed E-state index contributed by atoms with van der Waals surface area (Å²) in [6.45, 7) is 21.4. The van der Waals surface area contributed by atoms with Crippen molar-refractivity contribution in [1.82, 2.24) is 5.32 Å². The zero-order valence-electron chi connectivity index (χ0n) is 42.3. The number of hydrogen-bond acceptors (Lipinski definition) is 3. The van der Waals surface area contributed by atoms with Crippen molar-refractivity contribution in [3.05, 3.63) is 146 Å². The van der Waals surface area contributed by atoms with Crippen LogP contribution in [0.25, 0.3) is 0 Å². The Labute approximate surface area is 415 Å². The fourth-order valence-electron chi connectivity index (χ4n) is 9.02. The molecule has 0 saturated heterocycles. The van der Waals surface area contributed by atoms with Crippen molar-refractivity contribution in [2.24, 2.45) is 0 Å². The van der Waals surface area contributed by atoms with Crippen molar-refractivity contribution in [2.45, 2.75) is 174 Å². The molecule has 3 nitrogen and oxygen atoms in total. The minimum absolute atomic E-state index is 0.0609. The molecule has 6 heteroatoms. The average Bonchev–Trinajstić information content (AvgIpc) is 3.30. The number of benzene rings is 4. The van der Waals surface area contributed by atoms with E-state index in [1.165, 1.54) is 115 Å². The number of unbranched alkanes of at least 4 members (excludes halogenated alkanes) is 12. The van der Waals surface area contributed by atoms with E-state index in [1.807, 2.05) is 0 Å². The van der Waals surface area contributed by atoms with Gasteiger partial charge in [0, 0.05) is 19.3 Å². The summed E-state index contributed by atoms with van der Waals surface area (Å²) in [4.78, 5) is 0. The SMILES string of the molecule is CC(C)(C)[Si](OCCCCCC/C=C\CCCCI)(c1ccccc1)c1ccccc1.CC(C)NCCCC/C=C\CCCCCCO[Si](c1ccccc1)(c1ccccc1)C(C)(C)C. The molecule has 4 rings (SSSR count). The van der Waals surface area contributed by atoms with Crippen molar-refractivity contribution in [3.63, 3.8) is 0 Å². The molecule has 0 aromatic heterocycles. The lowest BCUT2D eigenvalue weighted by atomic mass is 10.1. The molecule has 1 N–H and O–H groups in total. The Kier molecular flexibility index (Phi) is 28.1. The first-order valence-corrected chi connectivity index (χ1v) is 30.8. The Morgan fingerprint density at radius 3 is 1.02 bits per heavy atom. The Morgan fingerprint density at radius 2 is 0.723 bits per heavy atom. The zero-order chi connectivity index (χ0) is 47.1. The minimum atomic E-state index is -2.37. The zero-order valence-corrected chi connectivity index (χ0v) is 46.4. The molecule has 0 aliphatic rings. The quantitative estimate of drug-likeness (QED) is 0.0186. The topological polar surface area (TPSA) is 30.5 Å². The Balaban J connectivity index is 0.000000347. The standard InChI is InChI=1S/C31H49NOSi.C28H41IOSi/c1-28(2)32-26-20-12-10-8-6-7-9-11-13-21-27-33-34(31(3,4)5,29-22-16-14-17-23-29)30-24-18-15-19-25-30;1-28(2,3)31(26-20-14-12-15-21-26,27-22-16-13-17-23-27)30-25-19-11-9-7-5-4-6-8-10-18-24-29/h6,8,14-19,22-25,28,32H,7,9-13,20-21,26-27H2,1-5H3;4,6,12-17,20-23H,5,7-11,18-19,24-25H2,1-3H3/b8-6-;6-4-. The van der Waals surface area contributed by atoms with Gasteiger partial charge in [-0.1, -0.05) is 249 Å². The predicted molar refractivity (Wildman–Crippen MR) is 301 cm³/mol. The molecule has 0 radical (unpaired) electrons. The fourth-order valence-corrected chi connectivity index (χ4v) is 18.8. The fraction of sp³-hybridized carbons (Fsp3) is 0.525. The number of allylic oxidation sites excluding steroid dienone is 4. The van der Waals surface area contributed by atoms with Crippen LogP contribution >= 0.6 is 22.6 Å². The first kappa shape index (κ1) is 56.7. The number of halogens is 1. The van der Waals surface area contributed by atoms with Crippen LogP contribution in [0.5, 0.6) is 0 Å². The van der Waals surface area contributed by atoms with Gasteiger partial charge in [0.1, 0.15) is 0 Å². The number of rotatable bonds is 30. The van der Waals surface area contributed by atoms with Gasteiger partial charge in [-0.3, -0.25) is 0 Å². The molecule has 4 aromatic rings. The van der Waals surface area contributed by atoms with Crippen molar-refractivity contribution in [2.75, 3.05) is 24.2 Å². The van der Waals surface area contributed by atoms with Crippen LogP contribution in [0.2, 0.25) is 10.1 Å². The molecule has 0 atom stereocenters. The maximum absolute atomic E-state index is 6.99. The van der Waals surface area contributed by atoms with Crippen LogP contribution in [0.1, 0.15) is 158 Å². The molecule has 0 unspecified atom stereocenters. The van der Waals surface area contributed by atoms with Gasteiger partial charge in [-0.15, -0.1) is 0 Å². The molecule has 0 fully saturated rings. The molecule has 0 amide bonds. The lowest BCUT2D eigenvalue weighted by Gasteiger charge is -2.43. The third kappa shape index (κ3) is 19.9. The van der Waals surface area contributed by atoms with Crippen LogP contribution in [0, 0.1) is 0 Å². The summed E-state index contributed by atoms with van der Waals surface area (Å²) in [6.07, 6.45) is 29.6. The van der Waals surface area contributed by atoms with Crippen LogP contribution in [-0.4, -0.2) is 46.9 Å². The molecule has 0 aliphatic carbocycles. The highest BCUT2D eigenvalue weighted by molar-refractivity contribution is 14.1. The summed E-state index contributed by atoms with van der Waals surface area (Å²) < 4.78 is 15.2. The molecule has 0 aliphatic heterocycles. The average molecular weight is 1030 g/mol. The van der Waals surface area contributed by atoms with Gasteiger partial charge in [0.05, 0.1) is 0 Å². The summed E-state index contributed by atoms with van der Waals surface area (Å²) in [6, 6.07) is 44.5. The monoisotopic (exact) mass is 1030 g/mol. The van der Waals surface area contributed by atoms with Crippen LogP contribution in [0.3, 0.4) is 0 Å². The second kappa shape index (κ2) is 32.2. The summed E-state index contributed by atoms with van der Waals surface area (Å²) >= 11 is 2.46. The van der Waals surface area contributed by atoms with E-state index in [4.69, 9.17) is 8.85 Å². The van der Waals surface area contributed by atoms with E-state index in [-0.39, 0.29) is 10.1 Å². The third-order valence-corrected chi connectivity index (χ3v) is 23.3. The van der Waals surface area contributed by atoms with Gasteiger partial charge in [-0.2, -0.15) is 0 Å². The normalized spacial score (nSPS) is 12.6. The number of nitrogens with one attached hydrogen (secondary N) is 1. The van der Waals surface area contributed by atoms with E-state index >= 15 is 0 Å². The maximum atomic E-state index is 6.99. The summed E-state index contributed by atoms with van der Waals surface area (Å²) in [5.41, 5.74) is 0. The van der Waals surface area contributed by atoms with Gasteiger partial charge in [-0.25, -0.2) is 0 Å². The molecular weight excluding hydrogens is 938 g/mol. The van der Waals surface area contributed by atoms with E-state index in [0.717, 1.165) is 32.6 Å². The van der Waals surface area contributed by atoms with Crippen LogP contribution in [0.15, 0.2) is 146 Å². The molecule has 4 aromatic carbocycles. The first-order chi connectivity index (χ1) is 31.4. The van der Waals surface area contributed by atoms with E-state index in [0.29, 0.717) is 6.04 Å². The van der Waals surface area contributed by atoms with E-state index in [1.54, 1.807) is 0 Å². The number of alkyl halides is 1. The lowest BCUT2D eigenvalue weighted by molar-refractivity contribution is 0.286. The van der Waals surface area contributed by atoms with Gasteiger partial charge < -0.3 is 14.2 Å². The highest BCUT2D eigenvalue weighted by Crippen LogP contribution is 2.38. The lowest BCUT2D eigenvalue weighted by Crippen LogP contribution is -2.66. The predicted octanol–water partition coefficient (Wildman–Crippen LogP) is 14.9. The van der Waals surface area contributed by atoms with E-state index < -0.39 is 16.6 Å². The van der Waals surface area contributed by atoms with Gasteiger partial charge in [0.2, 0.25) is 0 Å². The molecule has 358 valence electrons. The van der Waals surface area contributed by atoms with Crippen LogP contribution in [-0.2, 0) is 8.85 Å². The first-order valence-electron chi connectivity index (χ1n) is 25.5. The molecule has 0 bridgehead atoms. The summed E-state index contributed by atoms with van der Waals surface area (Å²) in [5, 5.41) is 9.11. The molecule has 0 spiro atoms. The van der Waals surface area contributed by atoms with Gasteiger partial charge in [0.15, 0.2) is 0 Å². The molecule has 0 saturated carbocycles. The van der Waals surface area contributed by atoms with Gasteiger partial charge in [0.25, 0.3) is 16.6 Å². The number of hydrogen-bond donors (Lipinski definition) is 1. The van der Waals surface area contributed by atoms with Gasteiger partial charge in [-0.05, 0) is 119 Å². The second-order valence-electron chi connectivity index (χ2n) is 20.2. The van der Waals surface area contributed by atoms with Crippen molar-refractivity contribution < 1.29 is 8.85 Å². The van der Waals surface area contributed by atoms with Crippen molar-refractivity contribution in [1.29, 1.82) is 0 Å². The highest BCUT2D eigenvalue weighted by Gasteiger charge is 2.51. The largest absolute Gasteiger partial charge is 0.407 e. The van der Waals surface area contributed by atoms with Crippen LogP contribution in [0.4, 0.5) is 0 Å². The van der Waals surface area contributed by atoms with E-state index in [9.17, 15) is 0 Å². The van der Waals surface area contributed by atoms with Crippen molar-refractivity contribution >= 4 is 60.0 Å². The Bertz CT molecular complexity index is 1720. The maximum Gasteiger partial charge on any atom is 0.261 e. The minimum Gasteiger partial charge on any atom is -0.407 e. The summed E-state index contributed by atoms with van der Waals surface area (Å²) in [7, 11) is -4.73. The summed E-state index contributed by atoms with van der Waals surface area (Å²) in [5.74, 6) is 0. The van der Waals surface area contributed by atoms with Gasteiger partial charge >= 0.3 is 0 Å². The Morgan fingerprint density at radius 1 is 0.431 bits per heavy atom. The van der Waals surface area contributed by atoms with Crippen molar-refractivity contribution in [3.8, 4) is 0 Å². The second-order valence-corrected chi connectivity index (χ2v) is 29.9. The third-order valence-electron chi connectivity index (χ3n) is 12.4.